The fourth-order valence-corrected chi connectivity index (χ4v) is 4.20. The second-order valence-electron chi connectivity index (χ2n) is 6.75. The molecule has 3 aromatic rings. The van der Waals surface area contributed by atoms with Gasteiger partial charge in [0.15, 0.2) is 5.11 Å². The van der Waals surface area contributed by atoms with E-state index in [0.29, 0.717) is 29.0 Å². The van der Waals surface area contributed by atoms with Crippen LogP contribution in [0.25, 0.3) is 0 Å². The Morgan fingerprint density at radius 1 is 1.24 bits per heavy atom. The summed E-state index contributed by atoms with van der Waals surface area (Å²) in [6.45, 7) is 1.29. The minimum absolute atomic E-state index is 0.111. The van der Waals surface area contributed by atoms with Gasteiger partial charge >= 0.3 is 0 Å². The third-order valence-corrected chi connectivity index (χ3v) is 5.55. The van der Waals surface area contributed by atoms with E-state index in [4.69, 9.17) is 28.6 Å². The molecule has 2 aromatic heterocycles. The maximum absolute atomic E-state index is 10.6. The quantitative estimate of drug-likeness (QED) is 0.577. The first kappa shape index (κ1) is 19.7. The molecule has 1 aliphatic rings. The lowest BCUT2D eigenvalue weighted by molar-refractivity contribution is 0.186. The van der Waals surface area contributed by atoms with Crippen molar-refractivity contribution in [2.75, 3.05) is 18.6 Å². The van der Waals surface area contributed by atoms with Gasteiger partial charge in [-0.1, -0.05) is 17.7 Å². The van der Waals surface area contributed by atoms with E-state index in [2.05, 4.69) is 20.9 Å². The first-order chi connectivity index (χ1) is 14.1. The molecule has 0 bridgehead atoms. The Bertz CT molecular complexity index is 1010. The Morgan fingerprint density at radius 3 is 2.86 bits per heavy atom. The average molecular weight is 429 g/mol. The summed E-state index contributed by atoms with van der Waals surface area (Å²) in [6.07, 6.45) is 3.78. The number of hydrogen-bond donors (Lipinski definition) is 2. The van der Waals surface area contributed by atoms with E-state index in [1.54, 1.807) is 31.5 Å². The molecule has 3 heterocycles. The van der Waals surface area contributed by atoms with Crippen molar-refractivity contribution < 1.29 is 9.84 Å². The van der Waals surface area contributed by atoms with Crippen LogP contribution in [0.4, 0.5) is 5.69 Å². The van der Waals surface area contributed by atoms with Crippen LogP contribution in [0.1, 0.15) is 23.5 Å². The number of phenols is 1. The van der Waals surface area contributed by atoms with Crippen molar-refractivity contribution in [2.24, 2.45) is 0 Å². The standard InChI is InChI=1S/C21H21ClN4O2S/c1-28-12-11-25-10-4-6-16(25)20-19(15-5-2-3-9-23-15)24-21(29)26(20)17-13-14(22)7-8-18(17)27/h2-10,13,19-20,27H,11-12H2,1H3,(H,24,29). The summed E-state index contributed by atoms with van der Waals surface area (Å²) in [5, 5.41) is 15.0. The molecule has 1 aromatic carbocycles. The molecular weight excluding hydrogens is 408 g/mol. The lowest BCUT2D eigenvalue weighted by atomic mass is 10.0. The Morgan fingerprint density at radius 2 is 2.10 bits per heavy atom. The Labute approximate surface area is 179 Å². The lowest BCUT2D eigenvalue weighted by Gasteiger charge is -2.29. The second kappa shape index (κ2) is 8.41. The number of aromatic nitrogens is 2. The van der Waals surface area contributed by atoms with E-state index in [1.807, 2.05) is 35.4 Å². The highest BCUT2D eigenvalue weighted by atomic mass is 35.5. The summed E-state index contributed by atoms with van der Waals surface area (Å²) in [6, 6.07) is 14.4. The summed E-state index contributed by atoms with van der Waals surface area (Å²) >= 11 is 11.9. The third kappa shape index (κ3) is 3.81. The van der Waals surface area contributed by atoms with Gasteiger partial charge in [-0.25, -0.2) is 0 Å². The molecule has 1 aliphatic heterocycles. The summed E-state index contributed by atoms with van der Waals surface area (Å²) in [4.78, 5) is 6.46. The maximum atomic E-state index is 10.6. The highest BCUT2D eigenvalue weighted by Gasteiger charge is 2.42. The van der Waals surface area contributed by atoms with Crippen LogP contribution in [-0.2, 0) is 11.3 Å². The Kier molecular flexibility index (Phi) is 5.71. The lowest BCUT2D eigenvalue weighted by Crippen LogP contribution is -2.30. The van der Waals surface area contributed by atoms with Crippen LogP contribution in [-0.4, -0.2) is 33.5 Å². The van der Waals surface area contributed by atoms with Crippen molar-refractivity contribution in [3.05, 3.63) is 77.3 Å². The van der Waals surface area contributed by atoms with Crippen molar-refractivity contribution in [2.45, 2.75) is 18.6 Å². The number of pyridine rings is 1. The van der Waals surface area contributed by atoms with Crippen LogP contribution in [0.3, 0.4) is 0 Å². The van der Waals surface area contributed by atoms with Crippen molar-refractivity contribution in [3.63, 3.8) is 0 Å². The number of thiocarbonyl (C=S) groups is 1. The monoisotopic (exact) mass is 428 g/mol. The van der Waals surface area contributed by atoms with Crippen molar-refractivity contribution >= 4 is 34.6 Å². The van der Waals surface area contributed by atoms with Crippen LogP contribution in [0.5, 0.6) is 5.75 Å². The number of methoxy groups -OCH3 is 1. The minimum Gasteiger partial charge on any atom is -0.506 e. The minimum atomic E-state index is -0.228. The SMILES string of the molecule is COCCn1cccc1C1C(c2ccccn2)NC(=S)N1c1cc(Cl)ccc1O. The molecule has 8 heteroatoms. The van der Waals surface area contributed by atoms with Gasteiger partial charge in [0.05, 0.1) is 24.0 Å². The van der Waals surface area contributed by atoms with Crippen molar-refractivity contribution in [3.8, 4) is 5.75 Å². The van der Waals surface area contributed by atoms with Crippen molar-refractivity contribution in [1.29, 1.82) is 0 Å². The maximum Gasteiger partial charge on any atom is 0.174 e. The molecule has 0 radical (unpaired) electrons. The van der Waals surface area contributed by atoms with Crippen LogP contribution in [0.2, 0.25) is 5.02 Å². The summed E-state index contributed by atoms with van der Waals surface area (Å²) in [7, 11) is 1.68. The fourth-order valence-electron chi connectivity index (χ4n) is 3.69. The fraction of sp³-hybridized carbons (Fsp3) is 0.238. The normalized spacial score (nSPS) is 18.8. The van der Waals surface area contributed by atoms with Crippen LogP contribution >= 0.6 is 23.8 Å². The van der Waals surface area contributed by atoms with E-state index in [1.165, 1.54) is 0 Å². The van der Waals surface area contributed by atoms with Gasteiger partial charge in [0.25, 0.3) is 0 Å². The Balaban J connectivity index is 1.84. The van der Waals surface area contributed by atoms with Gasteiger partial charge in [-0.15, -0.1) is 0 Å². The summed E-state index contributed by atoms with van der Waals surface area (Å²) < 4.78 is 7.40. The molecule has 0 aliphatic carbocycles. The molecule has 0 saturated carbocycles. The molecule has 1 fully saturated rings. The molecule has 1 saturated heterocycles. The van der Waals surface area contributed by atoms with Gasteiger partial charge in [-0.2, -0.15) is 0 Å². The van der Waals surface area contributed by atoms with Gasteiger partial charge in [-0.3, -0.25) is 4.98 Å². The van der Waals surface area contributed by atoms with E-state index < -0.39 is 0 Å². The molecule has 2 N–H and O–H groups in total. The summed E-state index contributed by atoms with van der Waals surface area (Å²) in [5.41, 5.74) is 2.45. The zero-order chi connectivity index (χ0) is 20.4. The van der Waals surface area contributed by atoms with Crippen LogP contribution in [0, 0.1) is 0 Å². The van der Waals surface area contributed by atoms with E-state index in [9.17, 15) is 5.11 Å². The molecule has 6 nitrogen and oxygen atoms in total. The van der Waals surface area contributed by atoms with Crippen LogP contribution in [0.15, 0.2) is 60.9 Å². The number of nitrogens with one attached hydrogen (secondary N) is 1. The zero-order valence-electron chi connectivity index (χ0n) is 15.8. The predicted molar refractivity (Wildman–Crippen MR) is 117 cm³/mol. The zero-order valence-corrected chi connectivity index (χ0v) is 17.4. The first-order valence-electron chi connectivity index (χ1n) is 9.23. The van der Waals surface area contributed by atoms with Gasteiger partial charge < -0.3 is 24.6 Å². The first-order valence-corrected chi connectivity index (χ1v) is 10.0. The van der Waals surface area contributed by atoms with Crippen LogP contribution < -0.4 is 10.2 Å². The molecule has 29 heavy (non-hydrogen) atoms. The highest BCUT2D eigenvalue weighted by Crippen LogP contribution is 2.44. The van der Waals surface area contributed by atoms with E-state index >= 15 is 0 Å². The number of aromatic hydroxyl groups is 1. The average Bonchev–Trinajstić information content (AvgIpc) is 3.32. The molecule has 0 spiro atoms. The number of halogens is 1. The molecular formula is C21H21ClN4O2S. The molecule has 4 rings (SSSR count). The number of phenolic OH excluding ortho intramolecular Hbond substituents is 1. The van der Waals surface area contributed by atoms with Gasteiger partial charge in [-0.05, 0) is 54.7 Å². The number of benzene rings is 1. The summed E-state index contributed by atoms with van der Waals surface area (Å²) in [5.74, 6) is 0.111. The second-order valence-corrected chi connectivity index (χ2v) is 7.57. The topological polar surface area (TPSA) is 62.5 Å². The van der Waals surface area contributed by atoms with E-state index in [-0.39, 0.29) is 17.8 Å². The van der Waals surface area contributed by atoms with Gasteiger partial charge in [0.1, 0.15) is 11.8 Å². The predicted octanol–water partition coefficient (Wildman–Crippen LogP) is 4.07. The number of ether oxygens (including phenoxy) is 1. The number of rotatable bonds is 6. The third-order valence-electron chi connectivity index (χ3n) is 5.00. The Hall–Kier alpha value is -2.61. The van der Waals surface area contributed by atoms with Crippen molar-refractivity contribution in [1.82, 2.24) is 14.9 Å². The van der Waals surface area contributed by atoms with Gasteiger partial charge in [0.2, 0.25) is 0 Å². The molecule has 2 atom stereocenters. The molecule has 0 amide bonds. The smallest absolute Gasteiger partial charge is 0.174 e. The largest absolute Gasteiger partial charge is 0.506 e. The number of anilines is 1. The number of nitrogens with zero attached hydrogens (tertiary/aromatic N) is 3. The molecule has 2 unspecified atom stereocenters. The number of hydrogen-bond acceptors (Lipinski definition) is 4. The highest BCUT2D eigenvalue weighted by molar-refractivity contribution is 7.80. The van der Waals surface area contributed by atoms with Gasteiger partial charge in [0, 0.05) is 36.8 Å². The van der Waals surface area contributed by atoms with E-state index in [0.717, 1.165) is 11.4 Å². The molecule has 150 valence electrons.